The summed E-state index contributed by atoms with van der Waals surface area (Å²) in [5, 5.41) is 2.42. The molecule has 1 aliphatic heterocycles. The van der Waals surface area contributed by atoms with Gasteiger partial charge in [-0.2, -0.15) is 13.2 Å². The van der Waals surface area contributed by atoms with E-state index in [1.807, 2.05) is 30.3 Å². The molecular formula is C22H23F3N2O4. The monoisotopic (exact) mass is 436 g/mol. The smallest absolute Gasteiger partial charge is 0.411 e. The molecule has 1 aliphatic rings. The van der Waals surface area contributed by atoms with Crippen molar-refractivity contribution in [2.75, 3.05) is 25.0 Å². The Morgan fingerprint density at radius 3 is 2.55 bits per heavy atom. The van der Waals surface area contributed by atoms with Crippen molar-refractivity contribution in [3.63, 3.8) is 0 Å². The van der Waals surface area contributed by atoms with Gasteiger partial charge in [0.25, 0.3) is 0 Å². The number of esters is 1. The van der Waals surface area contributed by atoms with Crippen LogP contribution in [0.5, 0.6) is 5.75 Å². The van der Waals surface area contributed by atoms with Crippen molar-refractivity contribution in [3.8, 4) is 5.75 Å². The van der Waals surface area contributed by atoms with Gasteiger partial charge < -0.3 is 9.47 Å². The lowest BCUT2D eigenvalue weighted by Gasteiger charge is -2.29. The molecule has 6 nitrogen and oxygen atoms in total. The number of ether oxygens (including phenoxy) is 2. The lowest BCUT2D eigenvalue weighted by atomic mass is 9.86. The van der Waals surface area contributed by atoms with Crippen molar-refractivity contribution >= 4 is 17.7 Å². The summed E-state index contributed by atoms with van der Waals surface area (Å²) in [6, 6.07) is 14.7. The second-order valence-corrected chi connectivity index (χ2v) is 7.29. The van der Waals surface area contributed by atoms with Crippen LogP contribution in [0.2, 0.25) is 0 Å². The molecule has 1 N–H and O–H groups in total. The van der Waals surface area contributed by atoms with Gasteiger partial charge in [-0.05, 0) is 31.0 Å². The van der Waals surface area contributed by atoms with Gasteiger partial charge >= 0.3 is 18.2 Å². The van der Waals surface area contributed by atoms with Crippen LogP contribution in [0.15, 0.2) is 54.6 Å². The summed E-state index contributed by atoms with van der Waals surface area (Å²) in [6.07, 6.45) is -5.87. The highest BCUT2D eigenvalue weighted by atomic mass is 19.4. The van der Waals surface area contributed by atoms with E-state index in [0.29, 0.717) is 6.54 Å². The van der Waals surface area contributed by atoms with Crippen molar-refractivity contribution in [1.82, 2.24) is 4.90 Å². The van der Waals surface area contributed by atoms with E-state index >= 15 is 0 Å². The number of nitrogens with one attached hydrogen (secondary N) is 1. The number of amides is 1. The number of carbonyl (C=O) groups excluding carboxylic acids is 2. The SMILES string of the molecule is CCOC(=O)Nc1cccc(OC(=O)C2(C(F)(F)F)CCN(Cc3ccccc3)C2)c1. The predicted octanol–water partition coefficient (Wildman–Crippen LogP) is 4.62. The number of rotatable bonds is 6. The second kappa shape index (κ2) is 9.38. The summed E-state index contributed by atoms with van der Waals surface area (Å²) in [4.78, 5) is 25.9. The molecule has 1 unspecified atom stereocenters. The topological polar surface area (TPSA) is 67.9 Å². The Bertz CT molecular complexity index is 920. The molecule has 1 saturated heterocycles. The number of halogens is 3. The number of anilines is 1. The minimum atomic E-state index is -4.77. The van der Waals surface area contributed by atoms with Gasteiger partial charge in [0.05, 0.1) is 6.61 Å². The van der Waals surface area contributed by atoms with E-state index < -0.39 is 30.2 Å². The average Bonchev–Trinajstić information content (AvgIpc) is 3.14. The first-order valence-corrected chi connectivity index (χ1v) is 9.82. The predicted molar refractivity (Wildman–Crippen MR) is 108 cm³/mol. The lowest BCUT2D eigenvalue weighted by molar-refractivity contribution is -0.226. The fourth-order valence-electron chi connectivity index (χ4n) is 3.51. The maximum absolute atomic E-state index is 14.0. The minimum absolute atomic E-state index is 0.0931. The van der Waals surface area contributed by atoms with Gasteiger partial charge in [0, 0.05) is 31.4 Å². The molecule has 0 saturated carbocycles. The van der Waals surface area contributed by atoms with E-state index in [0.717, 1.165) is 5.56 Å². The zero-order valence-corrected chi connectivity index (χ0v) is 16.9. The normalized spacial score (nSPS) is 19.1. The van der Waals surface area contributed by atoms with E-state index in [-0.39, 0.29) is 31.0 Å². The number of nitrogens with zero attached hydrogens (tertiary/aromatic N) is 1. The Balaban J connectivity index is 1.73. The molecule has 0 radical (unpaired) electrons. The van der Waals surface area contributed by atoms with Crippen LogP contribution in [0.25, 0.3) is 0 Å². The van der Waals surface area contributed by atoms with Crippen LogP contribution in [0, 0.1) is 5.41 Å². The van der Waals surface area contributed by atoms with E-state index in [1.165, 1.54) is 24.3 Å². The molecule has 1 amide bonds. The van der Waals surface area contributed by atoms with Crippen LogP contribution in [-0.2, 0) is 16.1 Å². The van der Waals surface area contributed by atoms with Crippen molar-refractivity contribution in [2.45, 2.75) is 26.1 Å². The van der Waals surface area contributed by atoms with Gasteiger partial charge in [-0.3, -0.25) is 15.0 Å². The van der Waals surface area contributed by atoms with Crippen molar-refractivity contribution in [3.05, 3.63) is 60.2 Å². The molecule has 2 aromatic rings. The van der Waals surface area contributed by atoms with Crippen LogP contribution >= 0.6 is 0 Å². The highest BCUT2D eigenvalue weighted by Gasteiger charge is 2.64. The number of hydrogen-bond acceptors (Lipinski definition) is 5. The third-order valence-electron chi connectivity index (χ3n) is 5.10. The molecule has 0 aromatic heterocycles. The molecule has 31 heavy (non-hydrogen) atoms. The summed E-state index contributed by atoms with van der Waals surface area (Å²) >= 11 is 0. The number of hydrogen-bond donors (Lipinski definition) is 1. The van der Waals surface area contributed by atoms with E-state index in [2.05, 4.69) is 5.32 Å². The molecular weight excluding hydrogens is 413 g/mol. The molecule has 0 bridgehead atoms. The molecule has 0 spiro atoms. The van der Waals surface area contributed by atoms with Crippen molar-refractivity contribution in [2.24, 2.45) is 5.41 Å². The van der Waals surface area contributed by atoms with Gasteiger partial charge in [0.1, 0.15) is 5.75 Å². The van der Waals surface area contributed by atoms with E-state index in [1.54, 1.807) is 11.8 Å². The number of carbonyl (C=O) groups is 2. The standard InChI is InChI=1S/C22H23F3N2O4/c1-2-30-20(29)26-17-9-6-10-18(13-17)31-19(28)21(22(23,24)25)11-12-27(15-21)14-16-7-4-3-5-8-16/h3-10,13H,2,11-12,14-15H2,1H3,(H,26,29). The molecule has 2 aromatic carbocycles. The van der Waals surface area contributed by atoms with Crippen LogP contribution in [0.3, 0.4) is 0 Å². The van der Waals surface area contributed by atoms with Gasteiger partial charge in [-0.15, -0.1) is 0 Å². The van der Waals surface area contributed by atoms with Gasteiger partial charge in [-0.25, -0.2) is 4.79 Å². The van der Waals surface area contributed by atoms with Crippen LogP contribution in [-0.4, -0.2) is 42.8 Å². The van der Waals surface area contributed by atoms with Gasteiger partial charge in [-0.1, -0.05) is 36.4 Å². The summed E-state index contributed by atoms with van der Waals surface area (Å²) in [5.74, 6) is -1.45. The quantitative estimate of drug-likeness (QED) is 0.529. The summed E-state index contributed by atoms with van der Waals surface area (Å²) < 4.78 is 51.9. The largest absolute Gasteiger partial charge is 0.450 e. The highest BCUT2D eigenvalue weighted by Crippen LogP contribution is 2.47. The Morgan fingerprint density at radius 1 is 1.13 bits per heavy atom. The number of likely N-dealkylation sites (tertiary alicyclic amines) is 1. The second-order valence-electron chi connectivity index (χ2n) is 7.29. The molecule has 166 valence electrons. The first-order valence-electron chi connectivity index (χ1n) is 9.82. The first-order chi connectivity index (χ1) is 14.7. The zero-order valence-electron chi connectivity index (χ0n) is 16.9. The molecule has 1 fully saturated rings. The average molecular weight is 436 g/mol. The van der Waals surface area contributed by atoms with E-state index in [4.69, 9.17) is 9.47 Å². The maximum atomic E-state index is 14.0. The van der Waals surface area contributed by atoms with Crippen LogP contribution < -0.4 is 10.1 Å². The first kappa shape index (κ1) is 22.6. The number of benzene rings is 2. The van der Waals surface area contributed by atoms with Crippen LogP contribution in [0.1, 0.15) is 18.9 Å². The summed E-state index contributed by atoms with van der Waals surface area (Å²) in [6.45, 7) is 1.75. The summed E-state index contributed by atoms with van der Waals surface area (Å²) in [7, 11) is 0. The van der Waals surface area contributed by atoms with Crippen molar-refractivity contribution < 1.29 is 32.2 Å². The van der Waals surface area contributed by atoms with Crippen molar-refractivity contribution in [1.29, 1.82) is 0 Å². The van der Waals surface area contributed by atoms with E-state index in [9.17, 15) is 22.8 Å². The molecule has 1 heterocycles. The fourth-order valence-corrected chi connectivity index (χ4v) is 3.51. The number of alkyl halides is 3. The Hall–Kier alpha value is -3.07. The van der Waals surface area contributed by atoms with Gasteiger partial charge in [0.2, 0.25) is 0 Å². The zero-order chi connectivity index (χ0) is 22.5. The highest BCUT2D eigenvalue weighted by molar-refractivity contribution is 5.85. The maximum Gasteiger partial charge on any atom is 0.411 e. The minimum Gasteiger partial charge on any atom is -0.450 e. The Kier molecular flexibility index (Phi) is 6.84. The third kappa shape index (κ3) is 5.35. The molecule has 9 heteroatoms. The molecule has 1 atom stereocenters. The molecule has 0 aliphatic carbocycles. The Morgan fingerprint density at radius 2 is 1.87 bits per heavy atom. The summed E-state index contributed by atoms with van der Waals surface area (Å²) in [5.41, 5.74) is -1.51. The lowest BCUT2D eigenvalue weighted by Crippen LogP contribution is -2.49. The van der Waals surface area contributed by atoms with Gasteiger partial charge in [0.15, 0.2) is 5.41 Å². The molecule has 3 rings (SSSR count). The fraction of sp³-hybridized carbons (Fsp3) is 0.364. The third-order valence-corrected chi connectivity index (χ3v) is 5.10. The Labute approximate surface area is 177 Å². The van der Waals surface area contributed by atoms with Crippen LogP contribution in [0.4, 0.5) is 23.7 Å².